The second-order valence-electron chi connectivity index (χ2n) is 4.39. The number of aliphatic hydroxyl groups excluding tert-OH is 1. The molecule has 9 heteroatoms. The average Bonchev–Trinajstić information content (AvgIpc) is 2.97. The summed E-state index contributed by atoms with van der Waals surface area (Å²) in [6.45, 7) is 0. The van der Waals surface area contributed by atoms with Crippen LogP contribution >= 0.6 is 11.6 Å². The van der Waals surface area contributed by atoms with Crippen molar-refractivity contribution in [3.63, 3.8) is 0 Å². The molecule has 0 aliphatic carbocycles. The third-order valence-electron chi connectivity index (χ3n) is 2.87. The van der Waals surface area contributed by atoms with Gasteiger partial charge in [0.1, 0.15) is 4.90 Å². The van der Waals surface area contributed by atoms with Crippen molar-refractivity contribution >= 4 is 33.2 Å². The minimum atomic E-state index is -4.01. The Morgan fingerprint density at radius 2 is 1.70 bits per heavy atom. The van der Waals surface area contributed by atoms with Crippen molar-refractivity contribution in [3.8, 4) is 0 Å². The first-order valence-electron chi connectivity index (χ1n) is 6.09. The number of aromatic nitrogens is 1. The third-order valence-corrected chi connectivity index (χ3v) is 4.93. The molecule has 2 aromatic rings. The molecule has 120 valence electrons. The topological polar surface area (TPSA) is 125 Å². The summed E-state index contributed by atoms with van der Waals surface area (Å²) >= 11 is 5.71. The van der Waals surface area contributed by atoms with E-state index in [2.05, 4.69) is 4.98 Å². The molecule has 0 atom stereocenters. The molecule has 0 aliphatic rings. The van der Waals surface area contributed by atoms with Gasteiger partial charge < -0.3 is 15.2 Å². The number of rotatable bonds is 5. The van der Waals surface area contributed by atoms with Gasteiger partial charge >= 0.3 is 5.97 Å². The van der Waals surface area contributed by atoms with Crippen LogP contribution in [0.3, 0.4) is 0 Å². The van der Waals surface area contributed by atoms with Gasteiger partial charge in [0.25, 0.3) is 0 Å². The Kier molecular flexibility index (Phi) is 4.57. The number of halogens is 1. The first kappa shape index (κ1) is 16.8. The summed E-state index contributed by atoms with van der Waals surface area (Å²) in [4.78, 5) is 24.6. The van der Waals surface area contributed by atoms with E-state index in [0.29, 0.717) is 11.1 Å². The molecule has 23 heavy (non-hydrogen) atoms. The molecule has 0 radical (unpaired) electrons. The van der Waals surface area contributed by atoms with Gasteiger partial charge in [0, 0.05) is 23.5 Å². The third kappa shape index (κ3) is 3.43. The number of H-pyrrole nitrogens is 1. The summed E-state index contributed by atoms with van der Waals surface area (Å²) in [7, 11) is -4.01. The number of carboxylic acids is 1. The Labute approximate surface area is 135 Å². The fraction of sp³-hybridized carbons (Fsp3) is 0. The van der Waals surface area contributed by atoms with E-state index < -0.39 is 27.3 Å². The summed E-state index contributed by atoms with van der Waals surface area (Å²) in [5.74, 6) is -3.85. The number of aliphatic carboxylic acids is 1. The van der Waals surface area contributed by atoms with Crippen molar-refractivity contribution in [1.82, 2.24) is 4.98 Å². The standard InChI is InChI=1S/C14H10ClNO6S/c15-8-1-3-9(4-2-8)23(21,22)13-7-16-6-10(13)11(17)5-12(18)14(19)20/h1-7,16,18H,(H,19,20)/b12-5-. The van der Waals surface area contributed by atoms with Crippen molar-refractivity contribution in [3.05, 3.63) is 59.1 Å². The first-order valence-corrected chi connectivity index (χ1v) is 7.95. The number of hydrogen-bond acceptors (Lipinski definition) is 5. The van der Waals surface area contributed by atoms with Crippen LogP contribution in [0.25, 0.3) is 0 Å². The van der Waals surface area contributed by atoms with Gasteiger partial charge in [0.2, 0.25) is 15.6 Å². The van der Waals surface area contributed by atoms with E-state index in [4.69, 9.17) is 21.8 Å². The SMILES string of the molecule is O=C(O)/C(O)=C/C(=O)c1c[nH]cc1S(=O)(=O)c1ccc(Cl)cc1. The summed E-state index contributed by atoms with van der Waals surface area (Å²) in [6, 6.07) is 5.34. The molecule has 0 spiro atoms. The number of aliphatic hydroxyl groups is 1. The monoisotopic (exact) mass is 355 g/mol. The van der Waals surface area contributed by atoms with Crippen LogP contribution in [0.5, 0.6) is 0 Å². The zero-order valence-electron chi connectivity index (χ0n) is 11.4. The molecule has 0 unspecified atom stereocenters. The smallest absolute Gasteiger partial charge is 0.371 e. The number of ketones is 1. The highest BCUT2D eigenvalue weighted by Crippen LogP contribution is 2.25. The molecule has 1 aromatic carbocycles. The molecule has 0 fully saturated rings. The molecule has 0 aliphatic heterocycles. The van der Waals surface area contributed by atoms with Crippen molar-refractivity contribution in [2.45, 2.75) is 9.79 Å². The van der Waals surface area contributed by atoms with Crippen molar-refractivity contribution in [2.75, 3.05) is 0 Å². The Balaban J connectivity index is 2.49. The maximum Gasteiger partial charge on any atom is 0.371 e. The average molecular weight is 356 g/mol. The summed E-state index contributed by atoms with van der Waals surface area (Å²) in [5, 5.41) is 18.0. The van der Waals surface area contributed by atoms with Gasteiger partial charge in [-0.1, -0.05) is 11.6 Å². The van der Waals surface area contributed by atoms with Crippen LogP contribution in [0.2, 0.25) is 5.02 Å². The number of carbonyl (C=O) groups excluding carboxylic acids is 1. The quantitative estimate of drug-likeness (QED) is 0.429. The van der Waals surface area contributed by atoms with Gasteiger partial charge in [-0.3, -0.25) is 4.79 Å². The molecule has 1 heterocycles. The number of allylic oxidation sites excluding steroid dienone is 1. The highest BCUT2D eigenvalue weighted by Gasteiger charge is 2.25. The second kappa shape index (κ2) is 6.27. The fourth-order valence-electron chi connectivity index (χ4n) is 1.77. The van der Waals surface area contributed by atoms with Crippen LogP contribution in [0, 0.1) is 0 Å². The minimum absolute atomic E-state index is 0.0815. The van der Waals surface area contributed by atoms with E-state index in [1.165, 1.54) is 24.3 Å². The van der Waals surface area contributed by atoms with Gasteiger partial charge in [-0.2, -0.15) is 0 Å². The number of aromatic amines is 1. The number of benzene rings is 1. The zero-order valence-corrected chi connectivity index (χ0v) is 12.9. The zero-order chi connectivity index (χ0) is 17.2. The summed E-state index contributed by atoms with van der Waals surface area (Å²) in [6.07, 6.45) is 2.64. The molecular formula is C14H10ClNO6S. The highest BCUT2D eigenvalue weighted by molar-refractivity contribution is 7.91. The Morgan fingerprint density at radius 1 is 1.09 bits per heavy atom. The van der Waals surface area contributed by atoms with E-state index in [-0.39, 0.29) is 15.4 Å². The normalized spacial score (nSPS) is 12.1. The Hall–Kier alpha value is -2.58. The number of hydrogen-bond donors (Lipinski definition) is 3. The van der Waals surface area contributed by atoms with Crippen molar-refractivity contribution < 1.29 is 28.2 Å². The molecule has 0 saturated carbocycles. The van der Waals surface area contributed by atoms with Gasteiger partial charge in [-0.25, -0.2) is 13.2 Å². The summed E-state index contributed by atoms with van der Waals surface area (Å²) < 4.78 is 25.1. The van der Waals surface area contributed by atoms with Crippen LogP contribution in [-0.4, -0.2) is 35.4 Å². The van der Waals surface area contributed by atoms with Gasteiger partial charge in [0.15, 0.2) is 5.78 Å². The molecule has 0 saturated heterocycles. The molecule has 3 N–H and O–H groups in total. The lowest BCUT2D eigenvalue weighted by atomic mass is 10.2. The van der Waals surface area contributed by atoms with Crippen LogP contribution in [0.1, 0.15) is 10.4 Å². The lowest BCUT2D eigenvalue weighted by molar-refractivity contribution is -0.135. The van der Waals surface area contributed by atoms with Crippen molar-refractivity contribution in [2.24, 2.45) is 0 Å². The van der Waals surface area contributed by atoms with E-state index in [9.17, 15) is 18.0 Å². The first-order chi connectivity index (χ1) is 10.7. The Morgan fingerprint density at radius 3 is 2.26 bits per heavy atom. The molecule has 2 rings (SSSR count). The molecule has 0 bridgehead atoms. The number of nitrogens with one attached hydrogen (secondary N) is 1. The number of carbonyl (C=O) groups is 2. The maximum atomic E-state index is 12.5. The van der Waals surface area contributed by atoms with Gasteiger partial charge in [0.05, 0.1) is 10.5 Å². The molecule has 0 amide bonds. The predicted octanol–water partition coefficient (Wildman–Crippen LogP) is 2.21. The van der Waals surface area contributed by atoms with Crippen LogP contribution in [0.15, 0.2) is 58.3 Å². The van der Waals surface area contributed by atoms with E-state index in [1.807, 2.05) is 0 Å². The number of carboxylic acid groups (broad SMARTS) is 1. The van der Waals surface area contributed by atoms with Gasteiger partial charge in [-0.05, 0) is 24.3 Å². The molecule has 1 aromatic heterocycles. The van der Waals surface area contributed by atoms with Crippen LogP contribution in [-0.2, 0) is 14.6 Å². The van der Waals surface area contributed by atoms with Crippen LogP contribution in [0.4, 0.5) is 0 Å². The molecular weight excluding hydrogens is 346 g/mol. The maximum absolute atomic E-state index is 12.5. The minimum Gasteiger partial charge on any atom is -0.502 e. The van der Waals surface area contributed by atoms with Crippen molar-refractivity contribution in [1.29, 1.82) is 0 Å². The molecule has 7 nitrogen and oxygen atoms in total. The predicted molar refractivity (Wildman–Crippen MR) is 80.4 cm³/mol. The second-order valence-corrected chi connectivity index (χ2v) is 6.74. The lowest BCUT2D eigenvalue weighted by Crippen LogP contribution is -2.08. The van der Waals surface area contributed by atoms with E-state index in [0.717, 1.165) is 12.4 Å². The Bertz CT molecular complexity index is 896. The largest absolute Gasteiger partial charge is 0.502 e. The lowest BCUT2D eigenvalue weighted by Gasteiger charge is -2.04. The number of sulfone groups is 1. The van der Waals surface area contributed by atoms with E-state index in [1.54, 1.807) is 0 Å². The van der Waals surface area contributed by atoms with Crippen LogP contribution < -0.4 is 0 Å². The van der Waals surface area contributed by atoms with E-state index >= 15 is 0 Å². The van der Waals surface area contributed by atoms with Gasteiger partial charge in [-0.15, -0.1) is 0 Å². The fourth-order valence-corrected chi connectivity index (χ4v) is 3.32. The highest BCUT2D eigenvalue weighted by atomic mass is 35.5. The summed E-state index contributed by atoms with van der Waals surface area (Å²) in [5.41, 5.74) is -0.284.